The van der Waals surface area contributed by atoms with E-state index in [1.54, 1.807) is 0 Å². The number of hydrogen-bond donors (Lipinski definition) is 0. The molecule has 0 rings (SSSR count). The van der Waals surface area contributed by atoms with Crippen molar-refractivity contribution in [3.63, 3.8) is 0 Å². The molecule has 0 N–H and O–H groups in total. The highest BCUT2D eigenvalue weighted by atomic mass is 35.6. The number of alkyl halides is 15. The topological polar surface area (TPSA) is 0 Å². The molecule has 0 saturated carbocycles. The molecule has 22 heavy (non-hydrogen) atoms. The van der Waals surface area contributed by atoms with E-state index in [1.807, 2.05) is 0 Å². The molecular formula is C7HCl15. The highest BCUT2D eigenvalue weighted by Crippen LogP contribution is 2.68. The van der Waals surface area contributed by atoms with Crippen LogP contribution in [-0.4, -0.2) is 30.3 Å². The summed E-state index contributed by atoms with van der Waals surface area (Å²) in [6.07, 6.45) is 0. The van der Waals surface area contributed by atoms with Crippen molar-refractivity contribution in [1.82, 2.24) is 0 Å². The Morgan fingerprint density at radius 1 is 0.455 bits per heavy atom. The second kappa shape index (κ2) is 8.00. The van der Waals surface area contributed by atoms with Crippen LogP contribution >= 0.6 is 174 Å². The average Bonchev–Trinajstić information content (AvgIpc) is 2.24. The van der Waals surface area contributed by atoms with Gasteiger partial charge in [0.1, 0.15) is 5.38 Å². The van der Waals surface area contributed by atoms with Crippen LogP contribution in [0.25, 0.3) is 0 Å². The maximum absolute atomic E-state index is 6.04. The number of rotatable bonds is 4. The predicted molar refractivity (Wildman–Crippen MR) is 108 cm³/mol. The maximum atomic E-state index is 6.04. The van der Waals surface area contributed by atoms with Crippen LogP contribution in [0.5, 0.6) is 0 Å². The van der Waals surface area contributed by atoms with Crippen molar-refractivity contribution in [3.05, 3.63) is 0 Å². The van der Waals surface area contributed by atoms with E-state index in [-0.39, 0.29) is 0 Å². The minimum atomic E-state index is -2.70. The minimum Gasteiger partial charge on any atom is -0.115 e. The molecule has 0 aliphatic heterocycles. The van der Waals surface area contributed by atoms with E-state index in [0.29, 0.717) is 0 Å². The molecule has 0 spiro atoms. The van der Waals surface area contributed by atoms with Gasteiger partial charge in [0.25, 0.3) is 0 Å². The molecule has 1 atom stereocenters. The van der Waals surface area contributed by atoms with Gasteiger partial charge in [-0.1, -0.05) is 162 Å². The van der Waals surface area contributed by atoms with Crippen molar-refractivity contribution in [2.45, 2.75) is 30.3 Å². The fraction of sp³-hybridized carbons (Fsp3) is 1.00. The van der Waals surface area contributed by atoms with Crippen molar-refractivity contribution < 1.29 is 0 Å². The van der Waals surface area contributed by atoms with Crippen LogP contribution in [0.4, 0.5) is 0 Å². The van der Waals surface area contributed by atoms with Gasteiger partial charge in [0.15, 0.2) is 13.0 Å². The molecule has 0 saturated heterocycles. The van der Waals surface area contributed by atoms with E-state index in [0.717, 1.165) is 0 Å². The molecule has 0 bridgehead atoms. The van der Waals surface area contributed by atoms with Gasteiger partial charge in [0.2, 0.25) is 11.9 Å². The summed E-state index contributed by atoms with van der Waals surface area (Å²) >= 11 is 87.5. The third-order valence-corrected chi connectivity index (χ3v) is 11.1. The lowest BCUT2D eigenvalue weighted by molar-refractivity contribution is 0.515. The largest absolute Gasteiger partial charge is 0.226 e. The van der Waals surface area contributed by atoms with E-state index < -0.39 is 30.3 Å². The van der Waals surface area contributed by atoms with Crippen molar-refractivity contribution >= 4 is 174 Å². The summed E-state index contributed by atoms with van der Waals surface area (Å²) in [5.74, 6) is 0. The van der Waals surface area contributed by atoms with Gasteiger partial charge in [-0.15, -0.1) is 11.6 Å². The highest BCUT2D eigenvalue weighted by molar-refractivity contribution is 6.82. The number of hydrogen-bond acceptors (Lipinski definition) is 0. The normalized spacial score (nSPS) is 17.6. The molecule has 0 nitrogen and oxygen atoms in total. The van der Waals surface area contributed by atoms with Gasteiger partial charge in [-0.3, -0.25) is 0 Å². The standard InChI is InChI=1S/C7HCl15/c8-1(3(11,12)13)2(9,10)4(14,15)5(16,17)6(18,19)7(20,21)22/h1H. The summed E-state index contributed by atoms with van der Waals surface area (Å²) in [5.41, 5.74) is 0. The van der Waals surface area contributed by atoms with Crippen LogP contribution in [0.3, 0.4) is 0 Å². The van der Waals surface area contributed by atoms with E-state index >= 15 is 0 Å². The molecule has 0 aromatic rings. The molecule has 1 unspecified atom stereocenters. The van der Waals surface area contributed by atoms with Crippen molar-refractivity contribution in [3.8, 4) is 0 Å². The van der Waals surface area contributed by atoms with Gasteiger partial charge >= 0.3 is 0 Å². The van der Waals surface area contributed by atoms with Crippen LogP contribution in [-0.2, 0) is 0 Å². The minimum absolute atomic E-state index is 1.74. The highest BCUT2D eigenvalue weighted by Gasteiger charge is 2.75. The molecule has 0 fully saturated rings. The monoisotopic (exact) mass is 610 g/mol. The van der Waals surface area contributed by atoms with Gasteiger partial charge < -0.3 is 0 Å². The zero-order valence-corrected chi connectivity index (χ0v) is 20.6. The van der Waals surface area contributed by atoms with Crippen molar-refractivity contribution in [2.24, 2.45) is 0 Å². The summed E-state index contributed by atoms with van der Waals surface area (Å²) in [5, 5.41) is -1.74. The fourth-order valence-electron chi connectivity index (χ4n) is 0.949. The average molecular weight is 617 g/mol. The second-order valence-corrected chi connectivity index (χ2v) is 14.2. The molecule has 0 heterocycles. The molecule has 15 heteroatoms. The van der Waals surface area contributed by atoms with Crippen LogP contribution in [0.15, 0.2) is 0 Å². The van der Waals surface area contributed by atoms with Crippen LogP contribution in [0.1, 0.15) is 0 Å². The van der Waals surface area contributed by atoms with Crippen LogP contribution in [0, 0.1) is 0 Å². The van der Waals surface area contributed by atoms with Gasteiger partial charge in [0.05, 0.1) is 0 Å². The molecule has 0 aliphatic carbocycles. The van der Waals surface area contributed by atoms with Crippen LogP contribution < -0.4 is 0 Å². The Balaban J connectivity index is 6.12. The molecule has 0 amide bonds. The van der Waals surface area contributed by atoms with Crippen molar-refractivity contribution in [1.29, 1.82) is 0 Å². The summed E-state index contributed by atoms with van der Waals surface area (Å²) in [4.78, 5) is 0. The van der Waals surface area contributed by atoms with Crippen LogP contribution in [0.2, 0.25) is 0 Å². The molecule has 0 aromatic carbocycles. The summed E-state index contributed by atoms with van der Waals surface area (Å²) in [6.45, 7) is 0. The first-order valence-corrected chi connectivity index (χ1v) is 10.2. The lowest BCUT2D eigenvalue weighted by Gasteiger charge is -2.49. The first-order chi connectivity index (χ1) is 9.15. The Morgan fingerprint density at radius 3 is 1.00 bits per heavy atom. The SMILES string of the molecule is ClC(C(Cl)(Cl)Cl)C(Cl)(Cl)C(Cl)(Cl)C(Cl)(Cl)C(Cl)(Cl)C(Cl)(Cl)Cl. The van der Waals surface area contributed by atoms with Gasteiger partial charge in [-0.05, 0) is 0 Å². The maximum Gasteiger partial charge on any atom is 0.226 e. The van der Waals surface area contributed by atoms with E-state index in [9.17, 15) is 0 Å². The Morgan fingerprint density at radius 2 is 0.773 bits per heavy atom. The summed E-state index contributed by atoms with van der Waals surface area (Å²) in [7, 11) is 0. The molecular weight excluding hydrogens is 616 g/mol. The molecule has 134 valence electrons. The summed E-state index contributed by atoms with van der Waals surface area (Å²) < 4.78 is -15.2. The smallest absolute Gasteiger partial charge is 0.115 e. The Kier molecular flexibility index (Phi) is 9.58. The van der Waals surface area contributed by atoms with E-state index in [1.165, 1.54) is 0 Å². The molecule has 0 aliphatic rings. The second-order valence-electron chi connectivity index (χ2n) is 3.75. The Bertz CT molecular complexity index is 397. The first kappa shape index (κ1) is 26.4. The third kappa shape index (κ3) is 4.84. The van der Waals surface area contributed by atoms with Gasteiger partial charge in [-0.2, -0.15) is 0 Å². The molecule has 0 aromatic heterocycles. The Hall–Kier alpha value is 4.35. The number of halogens is 15. The third-order valence-electron chi connectivity index (χ3n) is 2.17. The quantitative estimate of drug-likeness (QED) is 0.277. The fourth-order valence-corrected chi connectivity index (χ4v) is 5.13. The van der Waals surface area contributed by atoms with Gasteiger partial charge in [-0.25, -0.2) is 0 Å². The lowest BCUT2D eigenvalue weighted by Crippen LogP contribution is -2.65. The van der Waals surface area contributed by atoms with Crippen molar-refractivity contribution in [2.75, 3.05) is 0 Å². The van der Waals surface area contributed by atoms with Gasteiger partial charge in [0, 0.05) is 0 Å². The molecule has 0 radical (unpaired) electrons. The lowest BCUT2D eigenvalue weighted by atomic mass is 10.1. The zero-order chi connectivity index (χ0) is 18.6. The predicted octanol–water partition coefficient (Wildman–Crippen LogP) is 9.03. The first-order valence-electron chi connectivity index (χ1n) is 4.44. The zero-order valence-electron chi connectivity index (χ0n) is 9.25. The summed E-state index contributed by atoms with van der Waals surface area (Å²) in [6, 6.07) is 0. The van der Waals surface area contributed by atoms with E-state index in [4.69, 9.17) is 174 Å². The van der Waals surface area contributed by atoms with E-state index in [2.05, 4.69) is 0 Å². The Labute approximate surface area is 201 Å².